The molecule has 106 valence electrons. The monoisotopic (exact) mass is 317 g/mol. The third-order valence-electron chi connectivity index (χ3n) is 2.93. The third kappa shape index (κ3) is 3.51. The van der Waals surface area contributed by atoms with Crippen molar-refractivity contribution in [2.75, 3.05) is 5.32 Å². The number of hydrogen-bond donors (Lipinski definition) is 2. The van der Waals surface area contributed by atoms with Crippen molar-refractivity contribution in [2.45, 2.75) is 6.54 Å². The maximum atomic E-state index is 11.4. The third-order valence-corrected chi connectivity index (χ3v) is 4.05. The Hall–Kier alpha value is -2.11. The predicted molar refractivity (Wildman–Crippen MR) is 86.9 cm³/mol. The molecular weight excluding hydrogens is 306 g/mol. The number of rotatable bonds is 4. The van der Waals surface area contributed by atoms with E-state index in [9.17, 15) is 4.79 Å². The zero-order chi connectivity index (χ0) is 14.7. The molecule has 0 bridgehead atoms. The van der Waals surface area contributed by atoms with Crippen LogP contribution in [0.5, 0.6) is 0 Å². The average molecular weight is 318 g/mol. The minimum Gasteiger partial charge on any atom is -0.380 e. The van der Waals surface area contributed by atoms with E-state index in [1.54, 1.807) is 12.3 Å². The van der Waals surface area contributed by atoms with Crippen molar-refractivity contribution in [3.8, 4) is 11.3 Å². The first-order valence-corrected chi connectivity index (χ1v) is 7.54. The van der Waals surface area contributed by atoms with E-state index in [1.165, 1.54) is 17.4 Å². The first kappa shape index (κ1) is 13.9. The highest BCUT2D eigenvalue weighted by Gasteiger charge is 2.02. The molecule has 0 saturated heterocycles. The predicted octanol–water partition coefficient (Wildman–Crippen LogP) is 3.76. The van der Waals surface area contributed by atoms with E-state index in [2.05, 4.69) is 15.3 Å². The zero-order valence-corrected chi connectivity index (χ0v) is 12.5. The van der Waals surface area contributed by atoms with Gasteiger partial charge in [0, 0.05) is 34.1 Å². The number of H-pyrrole nitrogens is 1. The van der Waals surface area contributed by atoms with Gasteiger partial charge in [-0.3, -0.25) is 4.79 Å². The van der Waals surface area contributed by atoms with E-state index in [1.807, 2.05) is 30.3 Å². The lowest BCUT2D eigenvalue weighted by atomic mass is 10.1. The Morgan fingerprint density at radius 3 is 2.86 bits per heavy atom. The normalized spacial score (nSPS) is 10.5. The van der Waals surface area contributed by atoms with E-state index < -0.39 is 0 Å². The molecule has 0 radical (unpaired) electrons. The van der Waals surface area contributed by atoms with Gasteiger partial charge >= 0.3 is 0 Å². The van der Waals surface area contributed by atoms with Crippen LogP contribution in [0.3, 0.4) is 0 Å². The molecule has 2 heterocycles. The van der Waals surface area contributed by atoms with Crippen LogP contribution in [0.25, 0.3) is 11.3 Å². The number of thiazole rings is 1. The maximum absolute atomic E-state index is 11.4. The molecule has 3 aromatic rings. The average Bonchev–Trinajstić information content (AvgIpc) is 2.91. The van der Waals surface area contributed by atoms with Crippen molar-refractivity contribution >= 4 is 28.6 Å². The fraction of sp³-hybridized carbons (Fsp3) is 0.0667. The molecule has 4 nitrogen and oxygen atoms in total. The number of nitrogens with zero attached hydrogens (tertiary/aromatic N) is 1. The van der Waals surface area contributed by atoms with E-state index in [0.29, 0.717) is 11.0 Å². The lowest BCUT2D eigenvalue weighted by molar-refractivity contribution is 1.17. The Kier molecular flexibility index (Phi) is 4.03. The molecule has 0 unspecified atom stereocenters. The van der Waals surface area contributed by atoms with E-state index in [0.717, 1.165) is 21.8 Å². The number of hydrogen-bond acceptors (Lipinski definition) is 4. The zero-order valence-electron chi connectivity index (χ0n) is 11.0. The molecule has 0 aliphatic carbocycles. The topological polar surface area (TPSA) is 57.8 Å². The van der Waals surface area contributed by atoms with E-state index >= 15 is 0 Å². The summed E-state index contributed by atoms with van der Waals surface area (Å²) in [5.41, 5.74) is 2.62. The summed E-state index contributed by atoms with van der Waals surface area (Å²) in [6.07, 6.45) is 1.76. The molecule has 2 N–H and O–H groups in total. The summed E-state index contributed by atoms with van der Waals surface area (Å²) in [6.45, 7) is 0.666. The molecular formula is C15H12ClN3OS. The summed E-state index contributed by atoms with van der Waals surface area (Å²) in [7, 11) is 0. The number of anilines is 1. The van der Waals surface area contributed by atoms with Crippen LogP contribution in [0.1, 0.15) is 4.88 Å². The molecule has 0 saturated carbocycles. The van der Waals surface area contributed by atoms with Crippen LogP contribution in [-0.4, -0.2) is 9.97 Å². The number of benzene rings is 1. The number of aromatic amines is 1. The fourth-order valence-electron chi connectivity index (χ4n) is 1.97. The number of aromatic nitrogens is 2. The quantitative estimate of drug-likeness (QED) is 0.770. The van der Waals surface area contributed by atoms with Gasteiger partial charge in [-0.15, -0.1) is 11.3 Å². The van der Waals surface area contributed by atoms with Gasteiger partial charge in [-0.2, -0.15) is 0 Å². The van der Waals surface area contributed by atoms with Crippen molar-refractivity contribution in [2.24, 2.45) is 0 Å². The molecule has 0 aliphatic rings. The Morgan fingerprint density at radius 2 is 2.10 bits per heavy atom. The smallest absolute Gasteiger partial charge is 0.248 e. The minimum atomic E-state index is -0.106. The Morgan fingerprint density at radius 1 is 1.24 bits per heavy atom. The molecule has 0 fully saturated rings. The van der Waals surface area contributed by atoms with Gasteiger partial charge in [-0.1, -0.05) is 29.8 Å². The summed E-state index contributed by atoms with van der Waals surface area (Å²) < 4.78 is 0.544. The first-order chi connectivity index (χ1) is 10.2. The second-order valence-corrected chi connectivity index (χ2v) is 6.14. The van der Waals surface area contributed by atoms with Gasteiger partial charge in [0.1, 0.15) is 0 Å². The van der Waals surface area contributed by atoms with Gasteiger partial charge in [-0.25, -0.2) is 4.98 Å². The van der Waals surface area contributed by atoms with E-state index in [4.69, 9.17) is 11.6 Å². The standard InChI is InChI=1S/C15H12ClN3OS/c16-15-18-9-12(21-15)8-17-11-4-1-3-10(7-11)13-5-2-6-14(20)19-13/h1-7,9,17H,8H2,(H,19,20). The lowest BCUT2D eigenvalue weighted by Gasteiger charge is -2.07. The highest BCUT2D eigenvalue weighted by Crippen LogP contribution is 2.22. The van der Waals surface area contributed by atoms with Crippen molar-refractivity contribution in [1.29, 1.82) is 0 Å². The SMILES string of the molecule is O=c1cccc(-c2cccc(NCc3cnc(Cl)s3)c2)[nH]1. The second kappa shape index (κ2) is 6.11. The van der Waals surface area contributed by atoms with Gasteiger partial charge in [0.05, 0.1) is 6.54 Å². The molecule has 21 heavy (non-hydrogen) atoms. The summed E-state index contributed by atoms with van der Waals surface area (Å²) in [6, 6.07) is 13.0. The van der Waals surface area contributed by atoms with Crippen molar-refractivity contribution in [1.82, 2.24) is 9.97 Å². The van der Waals surface area contributed by atoms with Crippen LogP contribution < -0.4 is 10.9 Å². The van der Waals surface area contributed by atoms with Gasteiger partial charge in [0.2, 0.25) is 5.56 Å². The second-order valence-electron chi connectivity index (χ2n) is 4.44. The fourth-order valence-corrected chi connectivity index (χ4v) is 2.89. The van der Waals surface area contributed by atoms with Gasteiger partial charge < -0.3 is 10.3 Å². The Labute approximate surface area is 130 Å². The van der Waals surface area contributed by atoms with Crippen LogP contribution in [0, 0.1) is 0 Å². The summed E-state index contributed by atoms with van der Waals surface area (Å²) in [4.78, 5) is 19.3. The summed E-state index contributed by atoms with van der Waals surface area (Å²) >= 11 is 7.26. The molecule has 2 aromatic heterocycles. The van der Waals surface area contributed by atoms with Crippen LogP contribution in [0.2, 0.25) is 4.47 Å². The van der Waals surface area contributed by atoms with Gasteiger partial charge in [0.25, 0.3) is 0 Å². The highest BCUT2D eigenvalue weighted by molar-refractivity contribution is 7.15. The van der Waals surface area contributed by atoms with Crippen LogP contribution in [0.4, 0.5) is 5.69 Å². The molecule has 6 heteroatoms. The van der Waals surface area contributed by atoms with Crippen LogP contribution >= 0.6 is 22.9 Å². The maximum Gasteiger partial charge on any atom is 0.248 e. The molecule has 0 amide bonds. The van der Waals surface area contributed by atoms with E-state index in [-0.39, 0.29) is 5.56 Å². The molecule has 3 rings (SSSR count). The number of halogens is 1. The highest BCUT2D eigenvalue weighted by atomic mass is 35.5. The summed E-state index contributed by atoms with van der Waals surface area (Å²) in [5, 5.41) is 3.32. The number of nitrogens with one attached hydrogen (secondary N) is 2. The largest absolute Gasteiger partial charge is 0.380 e. The molecule has 0 aliphatic heterocycles. The molecule has 1 aromatic carbocycles. The number of pyridine rings is 1. The summed E-state index contributed by atoms with van der Waals surface area (Å²) in [5.74, 6) is 0. The van der Waals surface area contributed by atoms with Crippen molar-refractivity contribution in [3.05, 3.63) is 68.4 Å². The lowest BCUT2D eigenvalue weighted by Crippen LogP contribution is -2.03. The van der Waals surface area contributed by atoms with Crippen LogP contribution in [0.15, 0.2) is 53.5 Å². The Bertz CT molecular complexity index is 812. The van der Waals surface area contributed by atoms with Crippen LogP contribution in [-0.2, 0) is 6.54 Å². The minimum absolute atomic E-state index is 0.106. The van der Waals surface area contributed by atoms with Gasteiger partial charge in [-0.05, 0) is 18.2 Å². The van der Waals surface area contributed by atoms with Crippen molar-refractivity contribution in [3.63, 3.8) is 0 Å². The Balaban J connectivity index is 1.78. The first-order valence-electron chi connectivity index (χ1n) is 6.34. The molecule has 0 spiro atoms. The van der Waals surface area contributed by atoms with Crippen molar-refractivity contribution < 1.29 is 0 Å². The van der Waals surface area contributed by atoms with Gasteiger partial charge in [0.15, 0.2) is 4.47 Å². The molecule has 0 atom stereocenters.